The number of aliphatic hydroxyl groups excluding tert-OH is 2. The first-order chi connectivity index (χ1) is 11.5. The predicted octanol–water partition coefficient (Wildman–Crippen LogP) is -0.487. The van der Waals surface area contributed by atoms with Gasteiger partial charge in [0.25, 0.3) is 11.1 Å². The summed E-state index contributed by atoms with van der Waals surface area (Å²) in [6.07, 6.45) is -2.77. The number of amides is 1. The molecule has 2 aromatic heterocycles. The average Bonchev–Trinajstić information content (AvgIpc) is 3.26. The highest BCUT2D eigenvalue weighted by atomic mass is 32.2. The van der Waals surface area contributed by atoms with Crippen molar-refractivity contribution < 1.29 is 28.6 Å². The monoisotopic (exact) mass is 356 g/mol. The first-order valence-electron chi connectivity index (χ1n) is 7.03. The van der Waals surface area contributed by atoms with Gasteiger partial charge in [0.1, 0.15) is 29.8 Å². The van der Waals surface area contributed by atoms with Crippen LogP contribution in [0.25, 0.3) is 11.5 Å². The SMILES string of the molecule is Cc1oc(C2OC[C@@H](O)[C@H]2O)cc1-c1nnc(SCC(=O)NN)o1. The molecule has 1 saturated heterocycles. The van der Waals surface area contributed by atoms with Crippen LogP contribution in [-0.2, 0) is 9.53 Å². The number of nitrogens with zero attached hydrogens (tertiary/aromatic N) is 2. The highest BCUT2D eigenvalue weighted by Gasteiger charge is 2.38. The van der Waals surface area contributed by atoms with E-state index in [0.29, 0.717) is 17.1 Å². The van der Waals surface area contributed by atoms with Crippen molar-refractivity contribution >= 4 is 17.7 Å². The normalized spacial score (nSPS) is 23.6. The molecule has 1 fully saturated rings. The van der Waals surface area contributed by atoms with Gasteiger partial charge >= 0.3 is 0 Å². The smallest absolute Gasteiger partial charge is 0.277 e. The Labute approximate surface area is 140 Å². The molecule has 2 aromatic rings. The molecule has 24 heavy (non-hydrogen) atoms. The molecule has 0 aliphatic carbocycles. The summed E-state index contributed by atoms with van der Waals surface area (Å²) in [4.78, 5) is 11.1. The predicted molar refractivity (Wildman–Crippen MR) is 80.5 cm³/mol. The number of ether oxygens (including phenoxy) is 1. The van der Waals surface area contributed by atoms with Crippen molar-refractivity contribution in [3.05, 3.63) is 17.6 Å². The molecule has 1 amide bonds. The second-order valence-corrected chi connectivity index (χ2v) is 6.09. The van der Waals surface area contributed by atoms with Crippen LogP contribution in [0.4, 0.5) is 0 Å². The molecular formula is C13H16N4O6S. The van der Waals surface area contributed by atoms with E-state index in [-0.39, 0.29) is 29.4 Å². The Morgan fingerprint density at radius 3 is 2.92 bits per heavy atom. The second kappa shape index (κ2) is 6.91. The van der Waals surface area contributed by atoms with Gasteiger partial charge in [-0.05, 0) is 13.0 Å². The third kappa shape index (κ3) is 3.30. The lowest BCUT2D eigenvalue weighted by Gasteiger charge is -2.11. The first kappa shape index (κ1) is 16.9. The van der Waals surface area contributed by atoms with E-state index in [1.54, 1.807) is 13.0 Å². The third-order valence-electron chi connectivity index (χ3n) is 3.49. The van der Waals surface area contributed by atoms with Crippen LogP contribution in [-0.4, -0.2) is 50.9 Å². The van der Waals surface area contributed by atoms with Crippen LogP contribution in [0.5, 0.6) is 0 Å². The minimum atomic E-state index is -1.06. The molecule has 3 atom stereocenters. The van der Waals surface area contributed by atoms with E-state index in [2.05, 4.69) is 10.2 Å². The summed E-state index contributed by atoms with van der Waals surface area (Å²) >= 11 is 1.05. The maximum atomic E-state index is 11.1. The summed E-state index contributed by atoms with van der Waals surface area (Å²) in [6.45, 7) is 1.74. The Hall–Kier alpha value is -1.92. The summed E-state index contributed by atoms with van der Waals surface area (Å²) in [5, 5.41) is 27.4. The number of thioether (sulfide) groups is 1. The molecule has 10 nitrogen and oxygen atoms in total. The molecule has 0 spiro atoms. The van der Waals surface area contributed by atoms with Gasteiger partial charge in [0.15, 0.2) is 0 Å². The largest absolute Gasteiger partial charge is 0.463 e. The van der Waals surface area contributed by atoms with Gasteiger partial charge in [-0.15, -0.1) is 10.2 Å². The molecular weight excluding hydrogens is 340 g/mol. The Kier molecular flexibility index (Phi) is 4.87. The molecule has 0 bridgehead atoms. The number of nitrogens with two attached hydrogens (primary N) is 1. The maximum absolute atomic E-state index is 11.1. The van der Waals surface area contributed by atoms with E-state index < -0.39 is 18.3 Å². The van der Waals surface area contributed by atoms with Gasteiger partial charge in [-0.3, -0.25) is 10.2 Å². The zero-order valence-electron chi connectivity index (χ0n) is 12.6. The molecule has 0 saturated carbocycles. The summed E-state index contributed by atoms with van der Waals surface area (Å²) in [7, 11) is 0. The molecule has 0 aromatic carbocycles. The molecule has 11 heteroatoms. The van der Waals surface area contributed by atoms with Crippen molar-refractivity contribution in [2.75, 3.05) is 12.4 Å². The number of hydrogen-bond donors (Lipinski definition) is 4. The van der Waals surface area contributed by atoms with Crippen molar-refractivity contribution in [2.24, 2.45) is 5.84 Å². The number of rotatable bonds is 5. The number of aromatic nitrogens is 2. The third-order valence-corrected chi connectivity index (χ3v) is 4.31. The van der Waals surface area contributed by atoms with E-state index in [9.17, 15) is 15.0 Å². The standard InChI is InChI=1S/C13H16N4O6S/c1-5-6(2-8(22-5)11-10(20)7(18)3-21-11)12-16-17-13(23-12)24-4-9(19)15-14/h2,7,10-11,18,20H,3-4,14H2,1H3,(H,15,19)/t7-,10-,11?/m1/s1. The lowest BCUT2D eigenvalue weighted by molar-refractivity contribution is -0.118. The van der Waals surface area contributed by atoms with Crippen molar-refractivity contribution in [2.45, 2.75) is 30.5 Å². The molecule has 0 radical (unpaired) electrons. The number of carbonyl (C=O) groups is 1. The lowest BCUT2D eigenvalue weighted by Crippen LogP contribution is -2.31. The number of hydrogen-bond acceptors (Lipinski definition) is 10. The van der Waals surface area contributed by atoms with E-state index in [1.165, 1.54) is 0 Å². The van der Waals surface area contributed by atoms with Gasteiger partial charge in [-0.2, -0.15) is 0 Å². The van der Waals surface area contributed by atoms with Crippen LogP contribution in [0, 0.1) is 6.92 Å². The van der Waals surface area contributed by atoms with E-state index in [1.807, 2.05) is 5.43 Å². The number of aryl methyl sites for hydroxylation is 1. The van der Waals surface area contributed by atoms with Gasteiger partial charge in [0.2, 0.25) is 5.91 Å². The Bertz CT molecular complexity index is 732. The molecule has 3 rings (SSSR count). The molecule has 1 unspecified atom stereocenters. The molecule has 130 valence electrons. The van der Waals surface area contributed by atoms with Crippen molar-refractivity contribution in [1.29, 1.82) is 0 Å². The molecule has 5 N–H and O–H groups in total. The summed E-state index contributed by atoms with van der Waals surface area (Å²) in [5.74, 6) is 5.75. The van der Waals surface area contributed by atoms with E-state index in [4.69, 9.17) is 19.4 Å². The fraction of sp³-hybridized carbons (Fsp3) is 0.462. The molecule has 3 heterocycles. The molecule has 1 aliphatic rings. The topological polar surface area (TPSA) is 157 Å². The highest BCUT2D eigenvalue weighted by molar-refractivity contribution is 7.99. The zero-order chi connectivity index (χ0) is 17.3. The summed E-state index contributed by atoms with van der Waals surface area (Å²) < 4.78 is 16.4. The maximum Gasteiger partial charge on any atom is 0.277 e. The van der Waals surface area contributed by atoms with Crippen LogP contribution in [0.2, 0.25) is 0 Å². The fourth-order valence-corrected chi connectivity index (χ4v) is 2.83. The minimum absolute atomic E-state index is 0.0332. The highest BCUT2D eigenvalue weighted by Crippen LogP contribution is 2.35. The van der Waals surface area contributed by atoms with Gasteiger partial charge in [-0.25, -0.2) is 5.84 Å². The number of nitrogens with one attached hydrogen (secondary N) is 1. The molecule has 1 aliphatic heterocycles. The number of aliphatic hydroxyl groups is 2. The Morgan fingerprint density at radius 1 is 1.46 bits per heavy atom. The Morgan fingerprint density at radius 2 is 2.25 bits per heavy atom. The van der Waals surface area contributed by atoms with Crippen LogP contribution >= 0.6 is 11.8 Å². The van der Waals surface area contributed by atoms with E-state index in [0.717, 1.165) is 11.8 Å². The van der Waals surface area contributed by atoms with Gasteiger partial charge in [-0.1, -0.05) is 11.8 Å². The van der Waals surface area contributed by atoms with Crippen molar-refractivity contribution in [3.63, 3.8) is 0 Å². The van der Waals surface area contributed by atoms with Crippen molar-refractivity contribution in [3.8, 4) is 11.5 Å². The minimum Gasteiger partial charge on any atom is -0.463 e. The number of furan rings is 1. The Balaban J connectivity index is 1.76. The quantitative estimate of drug-likeness (QED) is 0.238. The summed E-state index contributed by atoms with van der Waals surface area (Å²) in [5.41, 5.74) is 2.55. The number of hydrazine groups is 1. The van der Waals surface area contributed by atoms with E-state index >= 15 is 0 Å². The number of carbonyl (C=O) groups excluding carboxylic acids is 1. The summed E-state index contributed by atoms with van der Waals surface area (Å²) in [6, 6.07) is 1.62. The van der Waals surface area contributed by atoms with Gasteiger partial charge < -0.3 is 23.8 Å². The van der Waals surface area contributed by atoms with Crippen molar-refractivity contribution in [1.82, 2.24) is 15.6 Å². The fourth-order valence-electron chi connectivity index (χ4n) is 2.26. The van der Waals surface area contributed by atoms with Crippen LogP contribution < -0.4 is 11.3 Å². The van der Waals surface area contributed by atoms with Gasteiger partial charge in [0, 0.05) is 0 Å². The van der Waals surface area contributed by atoms with Crippen LogP contribution in [0.3, 0.4) is 0 Å². The average molecular weight is 356 g/mol. The van der Waals surface area contributed by atoms with Crippen LogP contribution in [0.15, 0.2) is 20.1 Å². The van der Waals surface area contributed by atoms with Gasteiger partial charge in [0.05, 0.1) is 17.9 Å². The lowest BCUT2D eigenvalue weighted by atomic mass is 10.1. The van der Waals surface area contributed by atoms with Crippen LogP contribution in [0.1, 0.15) is 17.6 Å². The second-order valence-electron chi connectivity index (χ2n) is 5.16. The first-order valence-corrected chi connectivity index (χ1v) is 8.02. The zero-order valence-corrected chi connectivity index (χ0v) is 13.4.